The quantitative estimate of drug-likeness (QED) is 0.122. The molecule has 1 aliphatic heterocycles. The van der Waals surface area contributed by atoms with Crippen molar-refractivity contribution in [2.75, 3.05) is 17.6 Å². The van der Waals surface area contributed by atoms with Crippen LogP contribution in [0.2, 0.25) is 0 Å². The second-order valence-corrected chi connectivity index (χ2v) is 12.3. The number of tetrazole rings is 1. The van der Waals surface area contributed by atoms with Gasteiger partial charge in [0.15, 0.2) is 6.29 Å². The van der Waals surface area contributed by atoms with E-state index >= 15 is 0 Å². The summed E-state index contributed by atoms with van der Waals surface area (Å²) in [6.07, 6.45) is 1.79. The Morgan fingerprint density at radius 2 is 1.67 bits per heavy atom. The van der Waals surface area contributed by atoms with Gasteiger partial charge in [0, 0.05) is 42.8 Å². The van der Waals surface area contributed by atoms with Gasteiger partial charge in [-0.3, -0.25) is 9.59 Å². The summed E-state index contributed by atoms with van der Waals surface area (Å²) in [5, 5.41) is 28.3. The number of nitrogens with one attached hydrogen (secondary N) is 2. The maximum Gasteiger partial charge on any atom is 0.224 e. The average Bonchev–Trinajstić information content (AvgIpc) is 3.55. The van der Waals surface area contributed by atoms with E-state index in [4.69, 9.17) is 9.47 Å². The number of unbranched alkanes of at least 4 members (excludes halogenated alkanes) is 2. The van der Waals surface area contributed by atoms with E-state index in [0.717, 1.165) is 41.6 Å². The van der Waals surface area contributed by atoms with E-state index in [9.17, 15) is 14.7 Å². The van der Waals surface area contributed by atoms with Crippen LogP contribution < -0.4 is 10.6 Å². The average molecular weight is 645 g/mol. The number of aromatic nitrogens is 4. The van der Waals surface area contributed by atoms with Gasteiger partial charge in [-0.25, -0.2) is 0 Å². The molecule has 3 N–H and O–H groups in total. The summed E-state index contributed by atoms with van der Waals surface area (Å²) in [6, 6.07) is 25.1. The number of hydrogen-bond acceptors (Lipinski definition) is 9. The normalized spacial score (nSPS) is 19.5. The van der Waals surface area contributed by atoms with Crippen LogP contribution in [0, 0.1) is 5.92 Å². The van der Waals surface area contributed by atoms with Crippen LogP contribution in [-0.2, 0) is 25.7 Å². The largest absolute Gasteiger partial charge is 0.392 e. The first-order valence-corrected chi connectivity index (χ1v) is 16.5. The monoisotopic (exact) mass is 644 g/mol. The highest BCUT2D eigenvalue weighted by Gasteiger charge is 2.38. The number of para-hydroxylation sites is 1. The standard InChI is InChI=1S/C34H40N6O5S/c1-23-30(22-46-34-37-38-39-40(34)29-9-5-3-6-10-29)44-33(45-32(23)26-14-12-25(21-41)13-15-26)27-16-18-28(19-17-27)36-31(43)11-7-4-8-20-35-24(2)42/h3,5-6,9-10,12-19,23,30,32-33,41H,4,7-8,11,20-22H2,1-2H3,(H,35,42)(H,36,43)/t23-,30+,32+,33+/m0/s1. The molecule has 1 aliphatic rings. The number of nitrogens with zero attached hydrogens (tertiary/aromatic N) is 4. The van der Waals surface area contributed by atoms with Gasteiger partial charge in [0.2, 0.25) is 17.0 Å². The van der Waals surface area contributed by atoms with E-state index in [1.165, 1.54) is 18.7 Å². The van der Waals surface area contributed by atoms with Gasteiger partial charge >= 0.3 is 0 Å². The number of rotatable bonds is 14. The molecule has 12 heteroatoms. The van der Waals surface area contributed by atoms with Crippen molar-refractivity contribution >= 4 is 29.3 Å². The molecule has 46 heavy (non-hydrogen) atoms. The lowest BCUT2D eigenvalue weighted by Crippen LogP contribution is -2.38. The fourth-order valence-corrected chi connectivity index (χ4v) is 6.32. The van der Waals surface area contributed by atoms with Crippen molar-refractivity contribution in [3.8, 4) is 5.69 Å². The summed E-state index contributed by atoms with van der Waals surface area (Å²) >= 11 is 1.53. The number of carbonyl (C=O) groups is 2. The third-order valence-corrected chi connectivity index (χ3v) is 8.87. The first-order chi connectivity index (χ1) is 22.4. The maximum atomic E-state index is 12.5. The Balaban J connectivity index is 1.25. The molecule has 0 radical (unpaired) electrons. The predicted octanol–water partition coefficient (Wildman–Crippen LogP) is 5.37. The molecule has 1 aromatic heterocycles. The fourth-order valence-electron chi connectivity index (χ4n) is 5.27. The zero-order valence-corrected chi connectivity index (χ0v) is 26.9. The number of anilines is 1. The number of hydrogen-bond donors (Lipinski definition) is 3. The number of carbonyl (C=O) groups excluding carboxylic acids is 2. The van der Waals surface area contributed by atoms with Crippen LogP contribution in [0.3, 0.4) is 0 Å². The molecular formula is C34H40N6O5S. The Labute approximate surface area is 273 Å². The van der Waals surface area contributed by atoms with Gasteiger partial charge in [0.25, 0.3) is 0 Å². The predicted molar refractivity (Wildman–Crippen MR) is 175 cm³/mol. The molecule has 1 saturated heterocycles. The summed E-state index contributed by atoms with van der Waals surface area (Å²) in [5.74, 6) is 0.510. The summed E-state index contributed by atoms with van der Waals surface area (Å²) < 4.78 is 14.9. The van der Waals surface area contributed by atoms with Gasteiger partial charge in [-0.1, -0.05) is 79.7 Å². The van der Waals surface area contributed by atoms with Crippen molar-refractivity contribution in [3.63, 3.8) is 0 Å². The summed E-state index contributed by atoms with van der Waals surface area (Å²) in [7, 11) is 0. The van der Waals surface area contributed by atoms with Crippen molar-refractivity contribution in [2.24, 2.45) is 5.92 Å². The molecule has 242 valence electrons. The number of thioether (sulfide) groups is 1. The molecule has 0 bridgehead atoms. The molecule has 11 nitrogen and oxygen atoms in total. The molecular weight excluding hydrogens is 604 g/mol. The van der Waals surface area contributed by atoms with Crippen molar-refractivity contribution < 1.29 is 24.2 Å². The third-order valence-electron chi connectivity index (χ3n) is 7.86. The van der Waals surface area contributed by atoms with Crippen molar-refractivity contribution in [1.29, 1.82) is 0 Å². The maximum absolute atomic E-state index is 12.5. The Kier molecular flexibility index (Phi) is 11.9. The SMILES string of the molecule is CC(=O)NCCCCCC(=O)Nc1ccc([C@@H]2O[C@H](CSc3nnnn3-c3ccccc3)[C@H](C)[C@H](c3ccc(CO)cc3)O2)cc1. The van der Waals surface area contributed by atoms with E-state index in [2.05, 4.69) is 33.1 Å². The topological polar surface area (TPSA) is 140 Å². The number of aliphatic hydroxyl groups excluding tert-OH is 1. The molecule has 0 spiro atoms. The molecule has 5 rings (SSSR count). The van der Waals surface area contributed by atoms with Crippen molar-refractivity contribution in [2.45, 2.75) is 69.8 Å². The molecule has 0 saturated carbocycles. The minimum absolute atomic E-state index is 0.00147. The summed E-state index contributed by atoms with van der Waals surface area (Å²) in [5.41, 5.74) is 4.26. The molecule has 0 unspecified atom stereocenters. The van der Waals surface area contributed by atoms with Gasteiger partial charge in [-0.05, 0) is 58.7 Å². The number of ether oxygens (including phenoxy) is 2. The van der Waals surface area contributed by atoms with Crippen molar-refractivity contribution in [3.05, 3.63) is 95.6 Å². The highest BCUT2D eigenvalue weighted by Crippen LogP contribution is 2.43. The van der Waals surface area contributed by atoms with E-state index in [1.54, 1.807) is 4.68 Å². The molecule has 2 amide bonds. The van der Waals surface area contributed by atoms with E-state index in [1.807, 2.05) is 78.9 Å². The lowest BCUT2D eigenvalue weighted by molar-refractivity contribution is -0.268. The molecule has 4 atom stereocenters. The smallest absolute Gasteiger partial charge is 0.224 e. The van der Waals surface area contributed by atoms with Gasteiger partial charge in [-0.15, -0.1) is 5.10 Å². The highest BCUT2D eigenvalue weighted by atomic mass is 32.2. The Morgan fingerprint density at radius 1 is 0.935 bits per heavy atom. The van der Waals surface area contributed by atoms with Crippen LogP contribution in [0.4, 0.5) is 5.69 Å². The summed E-state index contributed by atoms with van der Waals surface area (Å²) in [4.78, 5) is 23.5. The second kappa shape index (κ2) is 16.5. The highest BCUT2D eigenvalue weighted by molar-refractivity contribution is 7.99. The van der Waals surface area contributed by atoms with Gasteiger partial charge in [0.1, 0.15) is 0 Å². The van der Waals surface area contributed by atoms with E-state index in [-0.39, 0.29) is 36.5 Å². The molecule has 3 aromatic carbocycles. The third kappa shape index (κ3) is 9.00. The van der Waals surface area contributed by atoms with Crippen LogP contribution in [0.25, 0.3) is 5.69 Å². The minimum atomic E-state index is -0.636. The second-order valence-electron chi connectivity index (χ2n) is 11.3. The van der Waals surface area contributed by atoms with E-state index in [0.29, 0.717) is 29.6 Å². The van der Waals surface area contributed by atoms with E-state index < -0.39 is 6.29 Å². The first kappa shape index (κ1) is 33.3. The fraction of sp³-hybridized carbons (Fsp3) is 0.382. The lowest BCUT2D eigenvalue weighted by Gasteiger charge is -2.41. The minimum Gasteiger partial charge on any atom is -0.392 e. The van der Waals surface area contributed by atoms with Gasteiger partial charge in [0.05, 0.1) is 24.5 Å². The number of benzene rings is 3. The molecule has 1 fully saturated rings. The Hall–Kier alpha value is -4.10. The number of amides is 2. The van der Waals surface area contributed by atoms with Crippen LogP contribution in [0.1, 0.15) is 68.6 Å². The Bertz CT molecular complexity index is 1550. The first-order valence-electron chi connectivity index (χ1n) is 15.5. The number of aliphatic hydroxyl groups is 1. The van der Waals surface area contributed by atoms with Crippen molar-refractivity contribution in [1.82, 2.24) is 25.5 Å². The molecule has 0 aliphatic carbocycles. The zero-order chi connectivity index (χ0) is 32.3. The molecule has 2 heterocycles. The van der Waals surface area contributed by atoms with Crippen LogP contribution in [0.5, 0.6) is 0 Å². The zero-order valence-electron chi connectivity index (χ0n) is 26.0. The van der Waals surface area contributed by atoms with Crippen LogP contribution in [0.15, 0.2) is 84.0 Å². The van der Waals surface area contributed by atoms with Gasteiger partial charge in [-0.2, -0.15) is 4.68 Å². The lowest BCUT2D eigenvalue weighted by atomic mass is 9.91. The van der Waals surface area contributed by atoms with Gasteiger partial charge < -0.3 is 25.2 Å². The van der Waals surface area contributed by atoms with Crippen LogP contribution >= 0.6 is 11.8 Å². The molecule has 4 aromatic rings. The summed E-state index contributed by atoms with van der Waals surface area (Å²) in [6.45, 7) is 4.22. The Morgan fingerprint density at radius 3 is 2.39 bits per heavy atom. The van der Waals surface area contributed by atoms with Crippen LogP contribution in [-0.4, -0.2) is 55.5 Å².